The van der Waals surface area contributed by atoms with Gasteiger partial charge in [0.05, 0.1) is 0 Å². The Bertz CT molecular complexity index is 193. The molecule has 1 aliphatic heterocycles. The van der Waals surface area contributed by atoms with E-state index >= 15 is 0 Å². The van der Waals surface area contributed by atoms with Gasteiger partial charge < -0.3 is 10.2 Å². The molecule has 15 heavy (non-hydrogen) atoms. The van der Waals surface area contributed by atoms with E-state index in [0.29, 0.717) is 0 Å². The molecule has 0 radical (unpaired) electrons. The van der Waals surface area contributed by atoms with E-state index in [1.54, 1.807) is 0 Å². The highest BCUT2D eigenvalue weighted by atomic mass is 15.1. The van der Waals surface area contributed by atoms with Crippen molar-refractivity contribution in [1.82, 2.24) is 10.2 Å². The van der Waals surface area contributed by atoms with Crippen molar-refractivity contribution in [2.45, 2.75) is 45.1 Å². The third kappa shape index (κ3) is 3.46. The smallest absolute Gasteiger partial charge is 0.00697 e. The molecule has 3 unspecified atom stereocenters. The van der Waals surface area contributed by atoms with Crippen LogP contribution in [0.3, 0.4) is 0 Å². The predicted molar refractivity (Wildman–Crippen MR) is 65.0 cm³/mol. The van der Waals surface area contributed by atoms with Crippen LogP contribution in [0.15, 0.2) is 0 Å². The van der Waals surface area contributed by atoms with Gasteiger partial charge in [0, 0.05) is 12.6 Å². The molecule has 1 saturated heterocycles. The maximum Gasteiger partial charge on any atom is 0.00697 e. The van der Waals surface area contributed by atoms with Crippen LogP contribution >= 0.6 is 0 Å². The molecule has 0 aromatic rings. The van der Waals surface area contributed by atoms with Crippen molar-refractivity contribution in [3.63, 3.8) is 0 Å². The van der Waals surface area contributed by atoms with Crippen LogP contribution in [0.4, 0.5) is 0 Å². The van der Waals surface area contributed by atoms with Crippen molar-refractivity contribution in [2.24, 2.45) is 11.8 Å². The quantitative estimate of drug-likeness (QED) is 0.767. The van der Waals surface area contributed by atoms with Gasteiger partial charge in [0.1, 0.15) is 0 Å². The fraction of sp³-hybridized carbons (Fsp3) is 1.00. The van der Waals surface area contributed by atoms with Crippen molar-refractivity contribution in [3.05, 3.63) is 0 Å². The van der Waals surface area contributed by atoms with E-state index in [-0.39, 0.29) is 0 Å². The summed E-state index contributed by atoms with van der Waals surface area (Å²) in [6, 6.07) is 0.819. The highest BCUT2D eigenvalue weighted by Gasteiger charge is 2.22. The molecule has 2 nitrogen and oxygen atoms in total. The average Bonchev–Trinajstić information content (AvgIpc) is 2.62. The second-order valence-corrected chi connectivity index (χ2v) is 5.79. The molecule has 0 aromatic carbocycles. The molecule has 0 spiro atoms. The van der Waals surface area contributed by atoms with Crippen LogP contribution in [0, 0.1) is 11.8 Å². The van der Waals surface area contributed by atoms with Crippen molar-refractivity contribution in [2.75, 3.05) is 26.7 Å². The lowest BCUT2D eigenvalue weighted by Crippen LogP contribution is -2.37. The van der Waals surface area contributed by atoms with Gasteiger partial charge in [-0.25, -0.2) is 0 Å². The number of rotatable bonds is 3. The van der Waals surface area contributed by atoms with E-state index in [1.165, 1.54) is 51.7 Å². The summed E-state index contributed by atoms with van der Waals surface area (Å²) in [5.74, 6) is 1.86. The first-order valence-electron chi connectivity index (χ1n) is 6.66. The van der Waals surface area contributed by atoms with Crippen LogP contribution in [-0.2, 0) is 0 Å². The summed E-state index contributed by atoms with van der Waals surface area (Å²) >= 11 is 0. The zero-order valence-electron chi connectivity index (χ0n) is 10.3. The molecule has 1 N–H and O–H groups in total. The number of nitrogens with zero attached hydrogens (tertiary/aromatic N) is 1. The Kier molecular flexibility index (Phi) is 4.04. The SMILES string of the molecule is CC1CCCC(NCC2CCN(C)C2)C1. The minimum Gasteiger partial charge on any atom is -0.314 e. The monoisotopic (exact) mass is 210 g/mol. The Hall–Kier alpha value is -0.0800. The molecule has 0 bridgehead atoms. The molecule has 2 fully saturated rings. The van der Waals surface area contributed by atoms with E-state index in [4.69, 9.17) is 0 Å². The van der Waals surface area contributed by atoms with Crippen molar-refractivity contribution < 1.29 is 0 Å². The first kappa shape index (κ1) is 11.4. The van der Waals surface area contributed by atoms with Gasteiger partial charge in [-0.1, -0.05) is 19.8 Å². The number of likely N-dealkylation sites (tertiary alicyclic amines) is 1. The molecule has 88 valence electrons. The van der Waals surface area contributed by atoms with Crippen molar-refractivity contribution in [1.29, 1.82) is 0 Å². The lowest BCUT2D eigenvalue weighted by molar-refractivity contribution is 0.287. The van der Waals surface area contributed by atoms with Gasteiger partial charge in [-0.3, -0.25) is 0 Å². The summed E-state index contributed by atoms with van der Waals surface area (Å²) in [4.78, 5) is 2.45. The van der Waals surface area contributed by atoms with E-state index in [9.17, 15) is 0 Å². The van der Waals surface area contributed by atoms with Gasteiger partial charge in [-0.15, -0.1) is 0 Å². The van der Waals surface area contributed by atoms with Crippen LogP contribution in [0.25, 0.3) is 0 Å². The molecular weight excluding hydrogens is 184 g/mol. The van der Waals surface area contributed by atoms with Gasteiger partial charge in [0.2, 0.25) is 0 Å². The first-order chi connectivity index (χ1) is 7.24. The molecule has 2 rings (SSSR count). The van der Waals surface area contributed by atoms with E-state index in [2.05, 4.69) is 24.2 Å². The fourth-order valence-corrected chi connectivity index (χ4v) is 3.15. The predicted octanol–water partition coefficient (Wildman–Crippen LogP) is 2.11. The van der Waals surface area contributed by atoms with Gasteiger partial charge in [-0.05, 0) is 51.2 Å². The second-order valence-electron chi connectivity index (χ2n) is 5.79. The van der Waals surface area contributed by atoms with Gasteiger partial charge in [0.15, 0.2) is 0 Å². The highest BCUT2D eigenvalue weighted by Crippen LogP contribution is 2.24. The summed E-state index contributed by atoms with van der Waals surface area (Å²) in [7, 11) is 2.24. The maximum atomic E-state index is 3.79. The lowest BCUT2D eigenvalue weighted by Gasteiger charge is -2.28. The van der Waals surface area contributed by atoms with Gasteiger partial charge >= 0.3 is 0 Å². The molecule has 2 aliphatic rings. The summed E-state index contributed by atoms with van der Waals surface area (Å²) in [5, 5.41) is 3.79. The third-order valence-electron chi connectivity index (χ3n) is 4.12. The fourth-order valence-electron chi connectivity index (χ4n) is 3.15. The molecule has 1 heterocycles. The van der Waals surface area contributed by atoms with Gasteiger partial charge in [0.25, 0.3) is 0 Å². The zero-order valence-corrected chi connectivity index (χ0v) is 10.3. The summed E-state index contributed by atoms with van der Waals surface area (Å²) in [5.41, 5.74) is 0. The topological polar surface area (TPSA) is 15.3 Å². The minimum absolute atomic E-state index is 0.819. The zero-order chi connectivity index (χ0) is 10.7. The Morgan fingerprint density at radius 1 is 1.27 bits per heavy atom. The number of nitrogens with one attached hydrogen (secondary N) is 1. The molecule has 3 atom stereocenters. The Morgan fingerprint density at radius 3 is 2.80 bits per heavy atom. The van der Waals surface area contributed by atoms with Crippen LogP contribution in [-0.4, -0.2) is 37.6 Å². The Balaban J connectivity index is 1.64. The lowest BCUT2D eigenvalue weighted by atomic mass is 9.87. The molecule has 0 amide bonds. The number of hydrogen-bond acceptors (Lipinski definition) is 2. The van der Waals surface area contributed by atoms with E-state index in [0.717, 1.165) is 17.9 Å². The Labute approximate surface area is 94.4 Å². The second kappa shape index (κ2) is 5.31. The van der Waals surface area contributed by atoms with Crippen LogP contribution < -0.4 is 5.32 Å². The molecule has 0 aromatic heterocycles. The molecule has 2 heteroatoms. The van der Waals surface area contributed by atoms with Gasteiger partial charge in [-0.2, -0.15) is 0 Å². The van der Waals surface area contributed by atoms with Crippen LogP contribution in [0.1, 0.15) is 39.0 Å². The van der Waals surface area contributed by atoms with Crippen molar-refractivity contribution >= 4 is 0 Å². The minimum atomic E-state index is 0.819. The average molecular weight is 210 g/mol. The normalized spacial score (nSPS) is 38.4. The standard InChI is InChI=1S/C13H26N2/c1-11-4-3-5-13(8-11)14-9-12-6-7-15(2)10-12/h11-14H,3-10H2,1-2H3. The highest BCUT2D eigenvalue weighted by molar-refractivity contribution is 4.80. The van der Waals surface area contributed by atoms with E-state index in [1.807, 2.05) is 0 Å². The molecule has 1 saturated carbocycles. The summed E-state index contributed by atoms with van der Waals surface area (Å²) in [6.45, 7) is 6.25. The first-order valence-corrected chi connectivity index (χ1v) is 6.66. The third-order valence-corrected chi connectivity index (χ3v) is 4.12. The molecule has 1 aliphatic carbocycles. The van der Waals surface area contributed by atoms with E-state index < -0.39 is 0 Å². The largest absolute Gasteiger partial charge is 0.314 e. The van der Waals surface area contributed by atoms with Crippen LogP contribution in [0.2, 0.25) is 0 Å². The summed E-state index contributed by atoms with van der Waals surface area (Å²) in [6.07, 6.45) is 7.09. The maximum absolute atomic E-state index is 3.79. The molecular formula is C13H26N2. The van der Waals surface area contributed by atoms with Crippen LogP contribution in [0.5, 0.6) is 0 Å². The Morgan fingerprint density at radius 2 is 2.13 bits per heavy atom. The van der Waals surface area contributed by atoms with Crippen molar-refractivity contribution in [3.8, 4) is 0 Å². The number of hydrogen-bond donors (Lipinski definition) is 1. The summed E-state index contributed by atoms with van der Waals surface area (Å²) < 4.78 is 0.